The summed E-state index contributed by atoms with van der Waals surface area (Å²) in [6.45, 7) is 9.23. The van der Waals surface area contributed by atoms with Crippen molar-refractivity contribution >= 4 is 10.0 Å². The van der Waals surface area contributed by atoms with Crippen molar-refractivity contribution in [1.29, 1.82) is 0 Å². The molecule has 0 spiro atoms. The van der Waals surface area contributed by atoms with Crippen LogP contribution in [0.25, 0.3) is 0 Å². The van der Waals surface area contributed by atoms with E-state index in [9.17, 15) is 8.42 Å². The number of ether oxygens (including phenoxy) is 1. The molecular weight excluding hydrogens is 278 g/mol. The highest BCUT2D eigenvalue weighted by Crippen LogP contribution is 2.30. The van der Waals surface area contributed by atoms with Gasteiger partial charge in [0.2, 0.25) is 10.0 Å². The van der Waals surface area contributed by atoms with Crippen molar-refractivity contribution in [1.82, 2.24) is 14.1 Å². The van der Waals surface area contributed by atoms with Gasteiger partial charge in [-0.1, -0.05) is 0 Å². The molecule has 6 nitrogen and oxygen atoms in total. The molecule has 0 N–H and O–H groups in total. The standard InChI is InChI=1S/C13H23N3O3S/c1-9(2)16-11(4)13(10(3)14-16)20(17,18)15-6-12(7-15)8-19-5/h9,12H,6-8H2,1-5H3. The largest absolute Gasteiger partial charge is 0.384 e. The summed E-state index contributed by atoms with van der Waals surface area (Å²) in [5.74, 6) is 0.301. The molecule has 1 aliphatic heterocycles. The van der Waals surface area contributed by atoms with E-state index in [-0.39, 0.29) is 6.04 Å². The molecule has 20 heavy (non-hydrogen) atoms. The van der Waals surface area contributed by atoms with Gasteiger partial charge in [0, 0.05) is 32.2 Å². The second-order valence-electron chi connectivity index (χ2n) is 5.68. The number of rotatable bonds is 5. The summed E-state index contributed by atoms with van der Waals surface area (Å²) in [6.07, 6.45) is 0. The maximum atomic E-state index is 12.7. The van der Waals surface area contributed by atoms with Gasteiger partial charge in [-0.25, -0.2) is 8.42 Å². The van der Waals surface area contributed by atoms with Gasteiger partial charge in [0.25, 0.3) is 0 Å². The Balaban J connectivity index is 2.28. The van der Waals surface area contributed by atoms with Crippen LogP contribution in [0, 0.1) is 19.8 Å². The Hall–Kier alpha value is -0.920. The van der Waals surface area contributed by atoms with Crippen LogP contribution in [-0.2, 0) is 14.8 Å². The van der Waals surface area contributed by atoms with Crippen LogP contribution in [0.3, 0.4) is 0 Å². The average Bonchev–Trinajstić information content (AvgIpc) is 2.59. The molecule has 1 aromatic heterocycles. The van der Waals surface area contributed by atoms with E-state index in [1.165, 1.54) is 4.31 Å². The monoisotopic (exact) mass is 301 g/mol. The number of hydrogen-bond donors (Lipinski definition) is 0. The van der Waals surface area contributed by atoms with Crippen molar-refractivity contribution in [3.05, 3.63) is 11.4 Å². The van der Waals surface area contributed by atoms with Crippen molar-refractivity contribution in [2.75, 3.05) is 26.8 Å². The van der Waals surface area contributed by atoms with E-state index < -0.39 is 10.0 Å². The SMILES string of the molecule is COCC1CN(S(=O)(=O)c2c(C)nn(C(C)C)c2C)C1. The molecule has 1 fully saturated rings. The van der Waals surface area contributed by atoms with E-state index in [1.807, 2.05) is 20.8 Å². The van der Waals surface area contributed by atoms with Crippen LogP contribution < -0.4 is 0 Å². The lowest BCUT2D eigenvalue weighted by Gasteiger charge is -2.37. The zero-order chi connectivity index (χ0) is 15.1. The Labute approximate surface area is 120 Å². The van der Waals surface area contributed by atoms with Crippen molar-refractivity contribution < 1.29 is 13.2 Å². The summed E-state index contributed by atoms with van der Waals surface area (Å²) in [5, 5.41) is 4.36. The summed E-state index contributed by atoms with van der Waals surface area (Å²) in [5.41, 5.74) is 1.29. The first-order chi connectivity index (χ1) is 9.28. The smallest absolute Gasteiger partial charge is 0.246 e. The molecule has 0 radical (unpaired) electrons. The van der Waals surface area contributed by atoms with Crippen molar-refractivity contribution in [3.63, 3.8) is 0 Å². The van der Waals surface area contributed by atoms with Gasteiger partial charge in [-0.3, -0.25) is 4.68 Å². The highest BCUT2D eigenvalue weighted by molar-refractivity contribution is 7.89. The number of methoxy groups -OCH3 is 1. The molecule has 1 saturated heterocycles. The zero-order valence-electron chi connectivity index (χ0n) is 12.8. The minimum Gasteiger partial charge on any atom is -0.384 e. The number of aryl methyl sites for hydroxylation is 1. The number of hydrogen-bond acceptors (Lipinski definition) is 4. The van der Waals surface area contributed by atoms with E-state index in [0.29, 0.717) is 41.9 Å². The Kier molecular flexibility index (Phi) is 4.22. The Morgan fingerprint density at radius 1 is 1.35 bits per heavy atom. The van der Waals surface area contributed by atoms with Gasteiger partial charge >= 0.3 is 0 Å². The summed E-state index contributed by atoms with van der Waals surface area (Å²) < 4.78 is 33.7. The second-order valence-corrected chi connectivity index (χ2v) is 7.56. The van der Waals surface area contributed by atoms with Crippen LogP contribution in [0.1, 0.15) is 31.3 Å². The fourth-order valence-electron chi connectivity index (χ4n) is 2.71. The maximum absolute atomic E-state index is 12.7. The number of nitrogens with zero attached hydrogens (tertiary/aromatic N) is 3. The molecular formula is C13H23N3O3S. The van der Waals surface area contributed by atoms with Crippen LogP contribution in [0.5, 0.6) is 0 Å². The summed E-state index contributed by atoms with van der Waals surface area (Å²) in [6, 6.07) is 0.148. The van der Waals surface area contributed by atoms with E-state index in [4.69, 9.17) is 4.74 Å². The predicted octanol–water partition coefficient (Wildman–Crippen LogP) is 1.35. The van der Waals surface area contributed by atoms with Gasteiger partial charge in [0.05, 0.1) is 18.0 Å². The van der Waals surface area contributed by atoms with Gasteiger partial charge < -0.3 is 4.74 Å². The van der Waals surface area contributed by atoms with Gasteiger partial charge in [-0.15, -0.1) is 0 Å². The average molecular weight is 301 g/mol. The maximum Gasteiger partial charge on any atom is 0.246 e. The third-order valence-corrected chi connectivity index (χ3v) is 5.76. The first-order valence-corrected chi connectivity index (χ1v) is 8.27. The highest BCUT2D eigenvalue weighted by atomic mass is 32.2. The van der Waals surface area contributed by atoms with Crippen LogP contribution in [0.2, 0.25) is 0 Å². The fourth-order valence-corrected chi connectivity index (χ4v) is 4.67. The molecule has 0 aromatic carbocycles. The van der Waals surface area contributed by atoms with Gasteiger partial charge in [0.15, 0.2) is 0 Å². The lowest BCUT2D eigenvalue weighted by atomic mass is 10.1. The summed E-state index contributed by atoms with van der Waals surface area (Å²) in [4.78, 5) is 0.363. The molecule has 0 bridgehead atoms. The highest BCUT2D eigenvalue weighted by Gasteiger charge is 2.39. The minimum atomic E-state index is -3.43. The molecule has 114 valence electrons. The second kappa shape index (κ2) is 5.46. The van der Waals surface area contributed by atoms with Crippen LogP contribution in [0.4, 0.5) is 0 Å². The topological polar surface area (TPSA) is 64.4 Å². The molecule has 0 aliphatic carbocycles. The summed E-state index contributed by atoms with van der Waals surface area (Å²) in [7, 11) is -1.80. The van der Waals surface area contributed by atoms with Crippen LogP contribution in [-0.4, -0.2) is 49.3 Å². The molecule has 0 atom stereocenters. The Bertz CT molecular complexity index is 586. The molecule has 2 heterocycles. The number of aromatic nitrogens is 2. The van der Waals surface area contributed by atoms with Gasteiger partial charge in [0.1, 0.15) is 4.90 Å². The van der Waals surface area contributed by atoms with Crippen molar-refractivity contribution in [2.45, 2.75) is 38.6 Å². The van der Waals surface area contributed by atoms with Gasteiger partial charge in [-0.2, -0.15) is 9.40 Å². The van der Waals surface area contributed by atoms with Crippen LogP contribution >= 0.6 is 0 Å². The van der Waals surface area contributed by atoms with E-state index in [0.717, 1.165) is 0 Å². The molecule has 0 unspecified atom stereocenters. The molecule has 1 aliphatic rings. The Morgan fingerprint density at radius 3 is 2.40 bits per heavy atom. The molecule has 1 aromatic rings. The number of sulfonamides is 1. The van der Waals surface area contributed by atoms with E-state index >= 15 is 0 Å². The van der Waals surface area contributed by atoms with Crippen molar-refractivity contribution in [3.8, 4) is 0 Å². The van der Waals surface area contributed by atoms with Crippen LogP contribution in [0.15, 0.2) is 4.90 Å². The fraction of sp³-hybridized carbons (Fsp3) is 0.769. The molecule has 7 heteroatoms. The Morgan fingerprint density at radius 2 is 1.95 bits per heavy atom. The van der Waals surface area contributed by atoms with Gasteiger partial charge in [-0.05, 0) is 27.7 Å². The third kappa shape index (κ3) is 2.49. The van der Waals surface area contributed by atoms with E-state index in [2.05, 4.69) is 5.10 Å². The van der Waals surface area contributed by atoms with E-state index in [1.54, 1.807) is 18.7 Å². The molecule has 0 saturated carbocycles. The first-order valence-electron chi connectivity index (χ1n) is 6.83. The quantitative estimate of drug-likeness (QED) is 0.823. The lowest BCUT2D eigenvalue weighted by Crippen LogP contribution is -2.51. The lowest BCUT2D eigenvalue weighted by molar-refractivity contribution is 0.0821. The summed E-state index contributed by atoms with van der Waals surface area (Å²) >= 11 is 0. The zero-order valence-corrected chi connectivity index (χ0v) is 13.6. The molecule has 0 amide bonds. The van der Waals surface area contributed by atoms with Crippen molar-refractivity contribution in [2.24, 2.45) is 5.92 Å². The third-order valence-electron chi connectivity index (χ3n) is 3.67. The first kappa shape index (κ1) is 15.5. The predicted molar refractivity (Wildman–Crippen MR) is 76.2 cm³/mol. The normalized spacial score (nSPS) is 17.7. The minimum absolute atomic E-state index is 0.148. The molecule has 2 rings (SSSR count).